The highest BCUT2D eigenvalue weighted by Crippen LogP contribution is 2.26. The predicted molar refractivity (Wildman–Crippen MR) is 108 cm³/mol. The predicted octanol–water partition coefficient (Wildman–Crippen LogP) is 4.06. The Kier molecular flexibility index (Phi) is 5.32. The van der Waals surface area contributed by atoms with Crippen molar-refractivity contribution in [2.75, 3.05) is 49.5 Å². The molecule has 0 aliphatic carbocycles. The number of piperazine rings is 1. The molecule has 6 heteroatoms. The second-order valence-corrected chi connectivity index (χ2v) is 7.42. The van der Waals surface area contributed by atoms with Crippen molar-refractivity contribution in [1.29, 1.82) is 0 Å². The highest BCUT2D eigenvalue weighted by molar-refractivity contribution is 7.13. The SMILES string of the molecule is Fc1ccc(N2CCN(CCCNc3nsc4ccccc34)CC2)cc1. The van der Waals surface area contributed by atoms with Crippen molar-refractivity contribution in [2.45, 2.75) is 6.42 Å². The highest BCUT2D eigenvalue weighted by Gasteiger charge is 2.16. The van der Waals surface area contributed by atoms with E-state index in [0.29, 0.717) is 0 Å². The maximum Gasteiger partial charge on any atom is 0.147 e. The molecule has 0 unspecified atom stereocenters. The third-order valence-corrected chi connectivity index (χ3v) is 5.71. The number of hydrogen-bond donors (Lipinski definition) is 1. The quantitative estimate of drug-likeness (QED) is 0.663. The number of halogens is 1. The van der Waals surface area contributed by atoms with Crippen molar-refractivity contribution in [1.82, 2.24) is 9.27 Å². The first kappa shape index (κ1) is 17.2. The lowest BCUT2D eigenvalue weighted by Crippen LogP contribution is -2.46. The Labute approximate surface area is 157 Å². The number of benzene rings is 2. The summed E-state index contributed by atoms with van der Waals surface area (Å²) in [6.45, 7) is 6.12. The largest absolute Gasteiger partial charge is 0.369 e. The zero-order valence-electron chi connectivity index (χ0n) is 14.7. The number of nitrogens with one attached hydrogen (secondary N) is 1. The first-order valence-electron chi connectivity index (χ1n) is 9.11. The Balaban J connectivity index is 1.20. The molecule has 2 heterocycles. The molecule has 136 valence electrons. The number of hydrogen-bond acceptors (Lipinski definition) is 5. The Morgan fingerprint density at radius 1 is 1.00 bits per heavy atom. The molecular formula is C20H23FN4S. The summed E-state index contributed by atoms with van der Waals surface area (Å²) in [5.74, 6) is 0.833. The normalized spacial score (nSPS) is 15.5. The summed E-state index contributed by atoms with van der Waals surface area (Å²) in [5, 5.41) is 4.69. The van der Waals surface area contributed by atoms with Gasteiger partial charge in [-0.25, -0.2) is 4.39 Å². The van der Waals surface area contributed by atoms with Crippen molar-refractivity contribution < 1.29 is 4.39 Å². The Morgan fingerprint density at radius 3 is 2.58 bits per heavy atom. The van der Waals surface area contributed by atoms with Gasteiger partial charge in [0.15, 0.2) is 0 Å². The van der Waals surface area contributed by atoms with E-state index < -0.39 is 0 Å². The molecule has 1 aliphatic rings. The van der Waals surface area contributed by atoms with Gasteiger partial charge >= 0.3 is 0 Å². The number of anilines is 2. The molecule has 1 N–H and O–H groups in total. The van der Waals surface area contributed by atoms with Gasteiger partial charge in [0.1, 0.15) is 11.6 Å². The average molecular weight is 370 g/mol. The summed E-state index contributed by atoms with van der Waals surface area (Å²) >= 11 is 1.55. The first-order valence-corrected chi connectivity index (χ1v) is 9.88. The van der Waals surface area contributed by atoms with Crippen molar-refractivity contribution in [2.24, 2.45) is 0 Å². The van der Waals surface area contributed by atoms with Gasteiger partial charge in [0.05, 0.1) is 4.70 Å². The molecule has 0 radical (unpaired) electrons. The maximum atomic E-state index is 13.0. The minimum absolute atomic E-state index is 0.173. The standard InChI is InChI=1S/C20H23FN4S/c21-16-6-8-17(9-7-16)25-14-12-24(13-15-25)11-3-10-22-20-18-4-1-2-5-19(18)26-23-20/h1-2,4-9H,3,10-15H2,(H,22,23). The van der Waals surface area contributed by atoms with Crippen LogP contribution in [-0.2, 0) is 0 Å². The lowest BCUT2D eigenvalue weighted by Gasteiger charge is -2.36. The third kappa shape index (κ3) is 3.97. The molecule has 0 bridgehead atoms. The van der Waals surface area contributed by atoms with E-state index in [1.807, 2.05) is 12.1 Å². The highest BCUT2D eigenvalue weighted by atomic mass is 32.1. The van der Waals surface area contributed by atoms with E-state index in [4.69, 9.17) is 0 Å². The molecule has 0 spiro atoms. The molecule has 2 aromatic carbocycles. The van der Waals surface area contributed by atoms with Gasteiger partial charge in [0, 0.05) is 43.8 Å². The van der Waals surface area contributed by atoms with E-state index in [-0.39, 0.29) is 5.82 Å². The molecule has 0 amide bonds. The van der Waals surface area contributed by atoms with Crippen LogP contribution in [0.15, 0.2) is 48.5 Å². The van der Waals surface area contributed by atoms with Gasteiger partial charge < -0.3 is 10.2 Å². The van der Waals surface area contributed by atoms with Gasteiger partial charge in [-0.3, -0.25) is 4.90 Å². The molecule has 1 aromatic heterocycles. The maximum absolute atomic E-state index is 13.0. The third-order valence-electron chi connectivity index (χ3n) is 4.89. The molecular weight excluding hydrogens is 347 g/mol. The van der Waals surface area contributed by atoms with Crippen LogP contribution in [0.4, 0.5) is 15.9 Å². The molecule has 4 rings (SSSR count). The van der Waals surface area contributed by atoms with Gasteiger partial charge in [-0.2, -0.15) is 4.37 Å². The van der Waals surface area contributed by atoms with E-state index in [0.717, 1.165) is 57.2 Å². The summed E-state index contributed by atoms with van der Waals surface area (Å²) in [4.78, 5) is 4.83. The fourth-order valence-electron chi connectivity index (χ4n) is 3.40. The summed E-state index contributed by atoms with van der Waals surface area (Å²) in [7, 11) is 0. The van der Waals surface area contributed by atoms with Gasteiger partial charge in [-0.15, -0.1) is 0 Å². The fourth-order valence-corrected chi connectivity index (χ4v) is 4.16. The lowest BCUT2D eigenvalue weighted by molar-refractivity contribution is 0.257. The molecule has 0 atom stereocenters. The van der Waals surface area contributed by atoms with Crippen LogP contribution in [0.1, 0.15) is 6.42 Å². The topological polar surface area (TPSA) is 31.4 Å². The van der Waals surface area contributed by atoms with Gasteiger partial charge in [-0.05, 0) is 60.9 Å². The number of rotatable bonds is 6. The summed E-state index contributed by atoms with van der Waals surface area (Å²) in [5.41, 5.74) is 1.11. The van der Waals surface area contributed by atoms with Crippen LogP contribution >= 0.6 is 11.5 Å². The van der Waals surface area contributed by atoms with Crippen LogP contribution in [-0.4, -0.2) is 48.5 Å². The second-order valence-electron chi connectivity index (χ2n) is 6.61. The average Bonchev–Trinajstić information content (AvgIpc) is 3.10. The summed E-state index contributed by atoms with van der Waals surface area (Å²) < 4.78 is 18.8. The Hall–Kier alpha value is -2.18. The number of fused-ring (bicyclic) bond motifs is 1. The molecule has 0 saturated carbocycles. The van der Waals surface area contributed by atoms with Crippen molar-refractivity contribution in [3.63, 3.8) is 0 Å². The van der Waals surface area contributed by atoms with E-state index in [2.05, 4.69) is 43.8 Å². The zero-order valence-corrected chi connectivity index (χ0v) is 15.5. The van der Waals surface area contributed by atoms with Crippen LogP contribution < -0.4 is 10.2 Å². The van der Waals surface area contributed by atoms with Crippen molar-refractivity contribution >= 4 is 33.1 Å². The van der Waals surface area contributed by atoms with E-state index >= 15 is 0 Å². The van der Waals surface area contributed by atoms with Crippen molar-refractivity contribution in [3.8, 4) is 0 Å². The monoisotopic (exact) mass is 370 g/mol. The molecule has 1 saturated heterocycles. The van der Waals surface area contributed by atoms with Crippen LogP contribution in [0, 0.1) is 5.82 Å². The number of aromatic nitrogens is 1. The van der Waals surface area contributed by atoms with Crippen LogP contribution in [0.2, 0.25) is 0 Å². The Morgan fingerprint density at radius 2 is 1.77 bits per heavy atom. The van der Waals surface area contributed by atoms with Crippen LogP contribution in [0.5, 0.6) is 0 Å². The molecule has 1 fully saturated rings. The first-order chi connectivity index (χ1) is 12.8. The van der Waals surface area contributed by atoms with Gasteiger partial charge in [0.2, 0.25) is 0 Å². The van der Waals surface area contributed by atoms with E-state index in [1.54, 1.807) is 11.5 Å². The smallest absolute Gasteiger partial charge is 0.147 e. The Bertz CT molecular complexity index is 840. The molecule has 1 aliphatic heterocycles. The van der Waals surface area contributed by atoms with Crippen LogP contribution in [0.25, 0.3) is 10.1 Å². The summed E-state index contributed by atoms with van der Waals surface area (Å²) in [6, 6.07) is 15.2. The van der Waals surface area contributed by atoms with Crippen LogP contribution in [0.3, 0.4) is 0 Å². The molecule has 4 nitrogen and oxygen atoms in total. The summed E-state index contributed by atoms with van der Waals surface area (Å²) in [6.07, 6.45) is 1.10. The minimum Gasteiger partial charge on any atom is -0.369 e. The minimum atomic E-state index is -0.173. The molecule has 26 heavy (non-hydrogen) atoms. The number of nitrogens with zero attached hydrogens (tertiary/aromatic N) is 3. The second kappa shape index (κ2) is 8.01. The molecule has 3 aromatic rings. The van der Waals surface area contributed by atoms with Gasteiger partial charge in [0.25, 0.3) is 0 Å². The van der Waals surface area contributed by atoms with Crippen molar-refractivity contribution in [3.05, 3.63) is 54.3 Å². The lowest BCUT2D eigenvalue weighted by atomic mass is 10.2. The fraction of sp³-hybridized carbons (Fsp3) is 0.350. The van der Waals surface area contributed by atoms with Gasteiger partial charge in [-0.1, -0.05) is 12.1 Å². The zero-order chi connectivity index (χ0) is 17.8. The van der Waals surface area contributed by atoms with E-state index in [9.17, 15) is 4.39 Å². The van der Waals surface area contributed by atoms with E-state index in [1.165, 1.54) is 22.2 Å².